The van der Waals surface area contributed by atoms with Crippen LogP contribution in [0.1, 0.15) is 0 Å². The summed E-state index contributed by atoms with van der Waals surface area (Å²) in [5.41, 5.74) is 9.79. The molecule has 7 aromatic carbocycles. The van der Waals surface area contributed by atoms with E-state index in [0.717, 1.165) is 50.0 Å². The lowest BCUT2D eigenvalue weighted by Gasteiger charge is -2.15. The summed E-state index contributed by atoms with van der Waals surface area (Å²) < 4.78 is 0. The number of fused-ring (bicyclic) bond motifs is 5. The molecule has 0 bridgehead atoms. The molecule has 0 radical (unpaired) electrons. The third kappa shape index (κ3) is 4.33. The Morgan fingerprint density at radius 2 is 0.978 bits per heavy atom. The van der Waals surface area contributed by atoms with Gasteiger partial charge in [0.15, 0.2) is 5.82 Å². The summed E-state index contributed by atoms with van der Waals surface area (Å²) in [6, 6.07) is 55.5. The van der Waals surface area contributed by atoms with Crippen molar-refractivity contribution in [3.8, 4) is 44.9 Å². The van der Waals surface area contributed by atoms with E-state index in [2.05, 4.69) is 133 Å². The number of pyridine rings is 1. The molecule has 2 heterocycles. The van der Waals surface area contributed by atoms with Crippen LogP contribution in [0.5, 0.6) is 0 Å². The van der Waals surface area contributed by atoms with E-state index in [0.29, 0.717) is 0 Å². The molecule has 2 aromatic heterocycles. The lowest BCUT2D eigenvalue weighted by Crippen LogP contribution is -1.95. The predicted molar refractivity (Wildman–Crippen MR) is 192 cm³/mol. The van der Waals surface area contributed by atoms with Crippen molar-refractivity contribution < 1.29 is 0 Å². The average molecular weight is 586 g/mol. The molecule has 3 nitrogen and oxygen atoms in total. The number of hydrogen-bond acceptors (Lipinski definition) is 3. The number of benzene rings is 7. The van der Waals surface area contributed by atoms with Crippen molar-refractivity contribution in [1.82, 2.24) is 15.0 Å². The van der Waals surface area contributed by atoms with Gasteiger partial charge in [-0.1, -0.05) is 140 Å². The molecule has 9 aromatic rings. The molecule has 0 spiro atoms. The topological polar surface area (TPSA) is 38.7 Å². The first kappa shape index (κ1) is 26.2. The lowest BCUT2D eigenvalue weighted by atomic mass is 9.89. The zero-order chi connectivity index (χ0) is 30.5. The molecule has 0 saturated carbocycles. The van der Waals surface area contributed by atoms with Crippen LogP contribution in [0.15, 0.2) is 164 Å². The Morgan fingerprint density at radius 3 is 1.76 bits per heavy atom. The third-order valence-electron chi connectivity index (χ3n) is 8.93. The quantitative estimate of drug-likeness (QED) is 0.193. The van der Waals surface area contributed by atoms with Gasteiger partial charge in [-0.15, -0.1) is 0 Å². The summed E-state index contributed by atoms with van der Waals surface area (Å²) in [6.07, 6.45) is 1.87. The fraction of sp³-hybridized carbons (Fsp3) is 0. The van der Waals surface area contributed by atoms with Gasteiger partial charge in [-0.05, 0) is 56.6 Å². The zero-order valence-electron chi connectivity index (χ0n) is 24.9. The van der Waals surface area contributed by atoms with Crippen LogP contribution in [-0.2, 0) is 0 Å². The van der Waals surface area contributed by atoms with E-state index in [4.69, 9.17) is 15.0 Å². The van der Waals surface area contributed by atoms with Crippen LogP contribution in [0.3, 0.4) is 0 Å². The molecule has 0 aliphatic carbocycles. The van der Waals surface area contributed by atoms with Crippen LogP contribution >= 0.6 is 0 Å². The van der Waals surface area contributed by atoms with Gasteiger partial charge in [-0.3, -0.25) is 4.98 Å². The van der Waals surface area contributed by atoms with Crippen LogP contribution in [0, 0.1) is 0 Å². The molecule has 46 heavy (non-hydrogen) atoms. The molecule has 0 saturated heterocycles. The minimum atomic E-state index is 0.724. The fourth-order valence-corrected chi connectivity index (χ4v) is 6.75. The van der Waals surface area contributed by atoms with Gasteiger partial charge in [0.25, 0.3) is 0 Å². The molecule has 0 atom stereocenters. The Morgan fingerprint density at radius 1 is 0.370 bits per heavy atom. The molecule has 0 unspecified atom stereocenters. The summed E-state index contributed by atoms with van der Waals surface area (Å²) in [7, 11) is 0. The van der Waals surface area contributed by atoms with Crippen molar-refractivity contribution in [1.29, 1.82) is 0 Å². The normalized spacial score (nSPS) is 11.5. The second-order valence-corrected chi connectivity index (χ2v) is 11.6. The Labute approximate surface area is 266 Å². The largest absolute Gasteiger partial charge is 0.256 e. The Hall–Kier alpha value is -6.19. The second-order valence-electron chi connectivity index (χ2n) is 11.6. The number of nitrogens with zero attached hydrogens (tertiary/aromatic N) is 3. The molecule has 0 amide bonds. The first-order chi connectivity index (χ1) is 22.8. The highest BCUT2D eigenvalue weighted by Gasteiger charge is 2.15. The molecule has 0 N–H and O–H groups in total. The number of rotatable bonds is 4. The first-order valence-electron chi connectivity index (χ1n) is 15.5. The van der Waals surface area contributed by atoms with Crippen molar-refractivity contribution in [2.24, 2.45) is 0 Å². The average Bonchev–Trinajstić information content (AvgIpc) is 3.14. The van der Waals surface area contributed by atoms with E-state index in [1.54, 1.807) is 0 Å². The Balaban J connectivity index is 1.16. The lowest BCUT2D eigenvalue weighted by molar-refractivity contribution is 1.23. The monoisotopic (exact) mass is 585 g/mol. The standard InChI is InChI=1S/C43H27N3/c1-2-11-29(12-3-1)42-38-18-8-9-19-40(38)45-43(46-42)30-22-20-28(21-23-30)32-24-25-36(34-15-5-4-14-33(32)34)39-27-31-13-10-26-44-41(31)37-17-7-6-16-35(37)39/h1-27H. The van der Waals surface area contributed by atoms with Crippen LogP contribution in [-0.4, -0.2) is 15.0 Å². The highest BCUT2D eigenvalue weighted by atomic mass is 14.9. The molecule has 9 rings (SSSR count). The Kier molecular flexibility index (Phi) is 6.14. The Bertz CT molecular complexity index is 2570. The van der Waals surface area contributed by atoms with Gasteiger partial charge in [0.1, 0.15) is 0 Å². The highest BCUT2D eigenvalue weighted by Crippen LogP contribution is 2.40. The SMILES string of the molecule is c1ccc(-c2nc(-c3ccc(-c4ccc(-c5cc6cccnc6c6ccccc56)c5ccccc45)cc3)nc3ccccc23)cc1. The number of para-hydroxylation sites is 1. The molecular weight excluding hydrogens is 558 g/mol. The van der Waals surface area contributed by atoms with Crippen LogP contribution < -0.4 is 0 Å². The molecule has 3 heteroatoms. The smallest absolute Gasteiger partial charge is 0.160 e. The molecule has 0 fully saturated rings. The van der Waals surface area contributed by atoms with Crippen molar-refractivity contribution in [3.63, 3.8) is 0 Å². The van der Waals surface area contributed by atoms with Crippen LogP contribution in [0.4, 0.5) is 0 Å². The van der Waals surface area contributed by atoms with Gasteiger partial charge in [0.05, 0.1) is 16.7 Å². The zero-order valence-corrected chi connectivity index (χ0v) is 24.9. The summed E-state index contributed by atoms with van der Waals surface area (Å²) >= 11 is 0. The van der Waals surface area contributed by atoms with Crippen molar-refractivity contribution >= 4 is 43.4 Å². The fourth-order valence-electron chi connectivity index (χ4n) is 6.75. The predicted octanol–water partition coefficient (Wildman–Crippen LogP) is 11.2. The highest BCUT2D eigenvalue weighted by molar-refractivity contribution is 6.16. The van der Waals surface area contributed by atoms with Crippen molar-refractivity contribution in [2.75, 3.05) is 0 Å². The van der Waals surface area contributed by atoms with Gasteiger partial charge in [0.2, 0.25) is 0 Å². The van der Waals surface area contributed by atoms with E-state index in [1.165, 1.54) is 38.2 Å². The van der Waals surface area contributed by atoms with E-state index in [1.807, 2.05) is 30.5 Å². The van der Waals surface area contributed by atoms with Gasteiger partial charge < -0.3 is 0 Å². The van der Waals surface area contributed by atoms with Gasteiger partial charge in [-0.2, -0.15) is 0 Å². The molecule has 214 valence electrons. The minimum Gasteiger partial charge on any atom is -0.256 e. The molecule has 0 aliphatic rings. The van der Waals surface area contributed by atoms with E-state index >= 15 is 0 Å². The van der Waals surface area contributed by atoms with Gasteiger partial charge >= 0.3 is 0 Å². The summed E-state index contributed by atoms with van der Waals surface area (Å²) in [6.45, 7) is 0. The van der Waals surface area contributed by atoms with Crippen molar-refractivity contribution in [2.45, 2.75) is 0 Å². The van der Waals surface area contributed by atoms with Crippen LogP contribution in [0.2, 0.25) is 0 Å². The van der Waals surface area contributed by atoms with E-state index in [9.17, 15) is 0 Å². The third-order valence-corrected chi connectivity index (χ3v) is 8.93. The van der Waals surface area contributed by atoms with Gasteiger partial charge in [0, 0.05) is 33.5 Å². The maximum absolute atomic E-state index is 5.07. The second kappa shape index (κ2) is 10.8. The first-order valence-corrected chi connectivity index (χ1v) is 15.5. The van der Waals surface area contributed by atoms with E-state index < -0.39 is 0 Å². The van der Waals surface area contributed by atoms with Crippen LogP contribution in [0.25, 0.3) is 88.2 Å². The van der Waals surface area contributed by atoms with E-state index in [-0.39, 0.29) is 0 Å². The van der Waals surface area contributed by atoms with Gasteiger partial charge in [-0.25, -0.2) is 9.97 Å². The maximum atomic E-state index is 5.07. The van der Waals surface area contributed by atoms with Crippen molar-refractivity contribution in [3.05, 3.63) is 164 Å². The number of hydrogen-bond donors (Lipinski definition) is 0. The summed E-state index contributed by atoms with van der Waals surface area (Å²) in [4.78, 5) is 14.7. The molecular formula is C43H27N3. The molecule has 0 aliphatic heterocycles. The minimum absolute atomic E-state index is 0.724. The maximum Gasteiger partial charge on any atom is 0.160 e. The summed E-state index contributed by atoms with van der Waals surface area (Å²) in [5, 5.41) is 7.02. The number of aromatic nitrogens is 3. The summed E-state index contributed by atoms with van der Waals surface area (Å²) in [5.74, 6) is 0.724.